The summed E-state index contributed by atoms with van der Waals surface area (Å²) < 4.78 is 1.84. The second kappa shape index (κ2) is 6.77. The summed E-state index contributed by atoms with van der Waals surface area (Å²) >= 11 is 0. The molecule has 0 radical (unpaired) electrons. The number of aryl methyl sites for hydroxylation is 1. The van der Waals surface area contributed by atoms with Gasteiger partial charge in [0.05, 0.1) is 5.69 Å². The van der Waals surface area contributed by atoms with Crippen LogP contribution < -0.4 is 5.73 Å². The first-order valence-electron chi connectivity index (χ1n) is 8.83. The zero-order valence-corrected chi connectivity index (χ0v) is 14.8. The maximum absolute atomic E-state index is 12.9. The summed E-state index contributed by atoms with van der Waals surface area (Å²) in [4.78, 5) is 14.8. The fourth-order valence-corrected chi connectivity index (χ4v) is 3.66. The minimum absolute atomic E-state index is 0.00236. The highest BCUT2D eigenvalue weighted by Crippen LogP contribution is 2.30. The lowest BCUT2D eigenvalue weighted by Crippen LogP contribution is -2.42. The van der Waals surface area contributed by atoms with Gasteiger partial charge in [-0.25, -0.2) is 0 Å². The van der Waals surface area contributed by atoms with Gasteiger partial charge >= 0.3 is 0 Å². The zero-order valence-electron chi connectivity index (χ0n) is 14.8. The van der Waals surface area contributed by atoms with Crippen LogP contribution in [0.25, 0.3) is 11.3 Å². The summed E-state index contributed by atoms with van der Waals surface area (Å²) in [5.74, 6) is 0.0722. The van der Waals surface area contributed by atoms with E-state index in [-0.39, 0.29) is 11.9 Å². The van der Waals surface area contributed by atoms with Gasteiger partial charge in [-0.15, -0.1) is 0 Å². The van der Waals surface area contributed by atoms with Crippen molar-refractivity contribution in [3.63, 3.8) is 0 Å². The highest BCUT2D eigenvalue weighted by Gasteiger charge is 2.32. The van der Waals surface area contributed by atoms with Crippen molar-refractivity contribution in [2.45, 2.75) is 19.0 Å². The Kier molecular flexibility index (Phi) is 4.31. The number of aromatic nitrogens is 2. The Balaban J connectivity index is 1.60. The predicted octanol–water partition coefficient (Wildman–Crippen LogP) is 2.61. The van der Waals surface area contributed by atoms with Crippen LogP contribution in [-0.2, 0) is 20.0 Å². The third-order valence-electron chi connectivity index (χ3n) is 5.08. The molecule has 2 N–H and O–H groups in total. The van der Waals surface area contributed by atoms with E-state index in [1.54, 1.807) is 6.20 Å². The molecular formula is C21H22N4O. The number of benzene rings is 2. The quantitative estimate of drug-likeness (QED) is 0.772. The van der Waals surface area contributed by atoms with Crippen molar-refractivity contribution in [3.05, 3.63) is 77.5 Å². The fraction of sp³-hybridized carbons (Fsp3) is 0.238. The van der Waals surface area contributed by atoms with Crippen molar-refractivity contribution in [3.8, 4) is 11.3 Å². The van der Waals surface area contributed by atoms with Gasteiger partial charge in [0.2, 0.25) is 0 Å². The van der Waals surface area contributed by atoms with Gasteiger partial charge in [-0.1, -0.05) is 36.4 Å². The topological polar surface area (TPSA) is 64.2 Å². The van der Waals surface area contributed by atoms with Crippen LogP contribution in [0.4, 0.5) is 0 Å². The summed E-state index contributed by atoms with van der Waals surface area (Å²) in [6.45, 7) is 1.05. The first-order chi connectivity index (χ1) is 12.7. The summed E-state index contributed by atoms with van der Waals surface area (Å²) in [6.07, 6.45) is 2.55. The zero-order chi connectivity index (χ0) is 18.1. The Bertz CT molecular complexity index is 932. The predicted molar refractivity (Wildman–Crippen MR) is 102 cm³/mol. The number of amides is 1. The first kappa shape index (κ1) is 16.5. The number of carbonyl (C=O) groups is 1. The maximum atomic E-state index is 12.9. The molecule has 2 aromatic carbocycles. The molecule has 132 valence electrons. The number of nitrogens with zero attached hydrogens (tertiary/aromatic N) is 3. The molecule has 3 aromatic rings. The molecule has 0 aliphatic carbocycles. The second-order valence-corrected chi connectivity index (χ2v) is 6.72. The Morgan fingerprint density at radius 1 is 1.15 bits per heavy atom. The van der Waals surface area contributed by atoms with Crippen LogP contribution in [0.3, 0.4) is 0 Å². The monoisotopic (exact) mass is 346 g/mol. The van der Waals surface area contributed by atoms with Crippen molar-refractivity contribution < 1.29 is 4.79 Å². The molecule has 5 nitrogen and oxygen atoms in total. The maximum Gasteiger partial charge on any atom is 0.254 e. The first-order valence-corrected chi connectivity index (χ1v) is 8.83. The lowest BCUT2D eigenvalue weighted by Gasteiger charge is -2.26. The Morgan fingerprint density at radius 2 is 1.96 bits per heavy atom. The molecule has 0 spiro atoms. The van der Waals surface area contributed by atoms with E-state index in [1.807, 2.05) is 53.0 Å². The van der Waals surface area contributed by atoms with Gasteiger partial charge in [-0.3, -0.25) is 9.48 Å². The van der Waals surface area contributed by atoms with Crippen LogP contribution in [0.5, 0.6) is 0 Å². The third kappa shape index (κ3) is 2.91. The molecule has 1 aromatic heterocycles. The average Bonchev–Trinajstić information content (AvgIpc) is 3.24. The summed E-state index contributed by atoms with van der Waals surface area (Å²) in [5, 5.41) is 4.23. The molecule has 0 bridgehead atoms. The molecule has 1 atom stereocenters. The Morgan fingerprint density at radius 3 is 2.65 bits per heavy atom. The van der Waals surface area contributed by atoms with E-state index in [0.29, 0.717) is 13.1 Å². The number of rotatable bonds is 5. The largest absolute Gasteiger partial charge is 0.330 e. The van der Waals surface area contributed by atoms with Crippen molar-refractivity contribution in [1.29, 1.82) is 0 Å². The van der Waals surface area contributed by atoms with Crippen LogP contribution >= 0.6 is 0 Å². The number of carbonyl (C=O) groups excluding carboxylic acids is 1. The SMILES string of the molecule is Cn1nccc1-c1ccc2c(c1)CN([C@H](CN)Cc1ccccc1)C2=O. The van der Waals surface area contributed by atoms with Gasteiger partial charge in [-0.2, -0.15) is 5.10 Å². The lowest BCUT2D eigenvalue weighted by molar-refractivity contribution is 0.0708. The van der Waals surface area contributed by atoms with E-state index in [0.717, 1.165) is 28.8 Å². The van der Waals surface area contributed by atoms with Gasteiger partial charge in [0.15, 0.2) is 0 Å². The molecule has 4 rings (SSSR count). The van der Waals surface area contributed by atoms with Gasteiger partial charge in [-0.05, 0) is 35.7 Å². The van der Waals surface area contributed by atoms with Crippen LogP contribution in [0, 0.1) is 0 Å². The number of hydrogen-bond acceptors (Lipinski definition) is 3. The highest BCUT2D eigenvalue weighted by molar-refractivity contribution is 5.99. The van der Waals surface area contributed by atoms with E-state index in [9.17, 15) is 4.79 Å². The van der Waals surface area contributed by atoms with Crippen molar-refractivity contribution >= 4 is 5.91 Å². The van der Waals surface area contributed by atoms with E-state index in [2.05, 4.69) is 23.3 Å². The minimum atomic E-state index is -0.00236. The van der Waals surface area contributed by atoms with Gasteiger partial charge in [0, 0.05) is 43.5 Å². The molecule has 5 heteroatoms. The van der Waals surface area contributed by atoms with Crippen LogP contribution in [0.1, 0.15) is 21.5 Å². The molecule has 1 aliphatic rings. The van der Waals surface area contributed by atoms with Crippen LogP contribution in [0.2, 0.25) is 0 Å². The standard InChI is InChI=1S/C21H22N4O/c1-24-20(9-10-23-24)16-7-8-19-17(12-16)14-25(21(19)26)18(13-22)11-15-5-3-2-4-6-15/h2-10,12,18H,11,13-14,22H2,1H3/t18-/m0/s1. The van der Waals surface area contributed by atoms with Crippen molar-refractivity contribution in [2.24, 2.45) is 12.8 Å². The Labute approximate surface area is 153 Å². The smallest absolute Gasteiger partial charge is 0.254 e. The van der Waals surface area contributed by atoms with Crippen molar-refractivity contribution in [2.75, 3.05) is 6.54 Å². The summed E-state index contributed by atoms with van der Waals surface area (Å²) in [5.41, 5.74) is 11.2. The normalized spacial score (nSPS) is 14.5. The summed E-state index contributed by atoms with van der Waals surface area (Å²) in [6, 6.07) is 18.2. The second-order valence-electron chi connectivity index (χ2n) is 6.72. The number of hydrogen-bond donors (Lipinski definition) is 1. The number of fused-ring (bicyclic) bond motifs is 1. The van der Waals surface area contributed by atoms with Crippen molar-refractivity contribution in [1.82, 2.24) is 14.7 Å². The van der Waals surface area contributed by atoms with E-state index in [4.69, 9.17) is 5.73 Å². The van der Waals surface area contributed by atoms with E-state index >= 15 is 0 Å². The van der Waals surface area contributed by atoms with E-state index < -0.39 is 0 Å². The molecular weight excluding hydrogens is 324 g/mol. The molecule has 0 saturated carbocycles. The minimum Gasteiger partial charge on any atom is -0.330 e. The van der Waals surface area contributed by atoms with E-state index in [1.165, 1.54) is 5.56 Å². The van der Waals surface area contributed by atoms with Gasteiger partial charge in [0.1, 0.15) is 0 Å². The molecule has 0 fully saturated rings. The Hall–Kier alpha value is -2.92. The fourth-order valence-electron chi connectivity index (χ4n) is 3.66. The third-order valence-corrected chi connectivity index (χ3v) is 5.08. The van der Waals surface area contributed by atoms with Crippen LogP contribution in [0.15, 0.2) is 60.8 Å². The molecule has 26 heavy (non-hydrogen) atoms. The molecule has 2 heterocycles. The van der Waals surface area contributed by atoms with Crippen LogP contribution in [-0.4, -0.2) is 33.2 Å². The molecule has 0 saturated heterocycles. The molecule has 1 aliphatic heterocycles. The van der Waals surface area contributed by atoms with Gasteiger partial charge in [0.25, 0.3) is 5.91 Å². The molecule has 0 unspecified atom stereocenters. The number of nitrogens with two attached hydrogens (primary N) is 1. The highest BCUT2D eigenvalue weighted by atomic mass is 16.2. The lowest BCUT2D eigenvalue weighted by atomic mass is 10.0. The van der Waals surface area contributed by atoms with Gasteiger partial charge < -0.3 is 10.6 Å². The summed E-state index contributed by atoms with van der Waals surface area (Å²) in [7, 11) is 1.92. The average molecular weight is 346 g/mol. The molecule has 1 amide bonds.